The van der Waals surface area contributed by atoms with Gasteiger partial charge in [-0.15, -0.1) is 0 Å². The van der Waals surface area contributed by atoms with Crippen LogP contribution in [-0.2, 0) is 11.0 Å². The van der Waals surface area contributed by atoms with Gasteiger partial charge in [-0.3, -0.25) is 4.31 Å². The number of benzene rings is 1. The molecule has 1 aromatic rings. The highest BCUT2D eigenvalue weighted by atomic mass is 35.5. The zero-order valence-corrected chi connectivity index (χ0v) is 11.4. The predicted molar refractivity (Wildman–Crippen MR) is 73.6 cm³/mol. The second kappa shape index (κ2) is 4.68. The van der Waals surface area contributed by atoms with E-state index < -0.39 is 17.2 Å². The van der Waals surface area contributed by atoms with Crippen molar-refractivity contribution in [1.82, 2.24) is 0 Å². The molecular weight excluding hydrogens is 270 g/mol. The summed E-state index contributed by atoms with van der Waals surface area (Å²) in [5.41, 5.74) is 1.57. The van der Waals surface area contributed by atoms with E-state index in [4.69, 9.17) is 11.6 Å². The van der Waals surface area contributed by atoms with Gasteiger partial charge >= 0.3 is 0 Å². The van der Waals surface area contributed by atoms with Gasteiger partial charge in [-0.2, -0.15) is 0 Å². The van der Waals surface area contributed by atoms with Crippen LogP contribution in [0.1, 0.15) is 25.7 Å². The minimum absolute atomic E-state index is 0.518. The Morgan fingerprint density at radius 1 is 1.28 bits per heavy atom. The fourth-order valence-electron chi connectivity index (χ4n) is 2.58. The van der Waals surface area contributed by atoms with Crippen LogP contribution in [0.3, 0.4) is 0 Å². The molecule has 0 radical (unpaired) electrons. The van der Waals surface area contributed by atoms with E-state index in [-0.39, 0.29) is 0 Å². The quantitative estimate of drug-likeness (QED) is 0.861. The number of hydrogen-bond donors (Lipinski definition) is 1. The molecular formula is C13H14ClNO2S. The van der Waals surface area contributed by atoms with Crippen molar-refractivity contribution in [2.75, 3.05) is 4.31 Å². The minimum atomic E-state index is -1.29. The van der Waals surface area contributed by atoms with Crippen LogP contribution in [0, 0.1) is 0 Å². The topological polar surface area (TPSA) is 40.5 Å². The van der Waals surface area contributed by atoms with Crippen LogP contribution < -0.4 is 4.31 Å². The summed E-state index contributed by atoms with van der Waals surface area (Å²) in [4.78, 5) is 0.897. The van der Waals surface area contributed by atoms with Gasteiger partial charge in [0.15, 0.2) is 17.2 Å². The number of aliphatic hydroxyl groups is 1. The summed E-state index contributed by atoms with van der Waals surface area (Å²) in [7, 11) is -1.29. The number of para-hydroxylation sites is 1. The Morgan fingerprint density at radius 3 is 2.72 bits per heavy atom. The van der Waals surface area contributed by atoms with Crippen molar-refractivity contribution in [3.63, 3.8) is 0 Å². The van der Waals surface area contributed by atoms with Crippen LogP contribution in [0.25, 0.3) is 0 Å². The van der Waals surface area contributed by atoms with E-state index in [0.717, 1.165) is 36.2 Å². The summed E-state index contributed by atoms with van der Waals surface area (Å²) in [5, 5.41) is 10.9. The fraction of sp³-hybridized carbons (Fsp3) is 0.385. The van der Waals surface area contributed by atoms with Crippen LogP contribution >= 0.6 is 11.6 Å². The van der Waals surface area contributed by atoms with Crippen LogP contribution in [0.4, 0.5) is 5.69 Å². The van der Waals surface area contributed by atoms with Gasteiger partial charge in [0.2, 0.25) is 0 Å². The third-order valence-electron chi connectivity index (χ3n) is 3.47. The molecule has 5 heteroatoms. The highest BCUT2D eigenvalue weighted by Gasteiger charge is 2.39. The van der Waals surface area contributed by atoms with Crippen LogP contribution in [0.2, 0.25) is 5.02 Å². The highest BCUT2D eigenvalue weighted by molar-refractivity contribution is 7.90. The van der Waals surface area contributed by atoms with Gasteiger partial charge in [0.1, 0.15) is 0 Å². The molecule has 0 bridgehead atoms. The third kappa shape index (κ3) is 1.79. The van der Waals surface area contributed by atoms with E-state index in [9.17, 15) is 9.32 Å². The lowest BCUT2D eigenvalue weighted by molar-refractivity contribution is 0.220. The summed E-state index contributed by atoms with van der Waals surface area (Å²) in [5.74, 6) is 0. The zero-order valence-electron chi connectivity index (χ0n) is 9.80. The molecule has 2 atom stereocenters. The van der Waals surface area contributed by atoms with Gasteiger partial charge in [0.25, 0.3) is 0 Å². The number of anilines is 1. The van der Waals surface area contributed by atoms with Gasteiger partial charge in [0.05, 0.1) is 10.7 Å². The van der Waals surface area contributed by atoms with Crippen LogP contribution in [-0.4, -0.2) is 15.5 Å². The normalized spacial score (nSPS) is 27.6. The molecule has 3 nitrogen and oxygen atoms in total. The van der Waals surface area contributed by atoms with Gasteiger partial charge < -0.3 is 5.11 Å². The molecule has 96 valence electrons. The molecule has 1 aliphatic heterocycles. The first-order valence-corrected chi connectivity index (χ1v) is 7.54. The third-order valence-corrected chi connectivity index (χ3v) is 5.43. The Balaban J connectivity index is 2.02. The van der Waals surface area contributed by atoms with E-state index in [1.165, 1.54) is 4.31 Å². The largest absolute Gasteiger partial charge is 0.369 e. The van der Waals surface area contributed by atoms with Crippen molar-refractivity contribution in [1.29, 1.82) is 0 Å². The lowest BCUT2D eigenvalue weighted by Gasteiger charge is -2.23. The summed E-state index contributed by atoms with van der Waals surface area (Å²) >= 11 is 6.13. The molecule has 0 aromatic heterocycles. The Hall–Kier alpha value is -0.840. The maximum absolute atomic E-state index is 12.5. The zero-order chi connectivity index (χ0) is 12.7. The molecule has 1 aromatic carbocycles. The lowest BCUT2D eigenvalue weighted by Crippen LogP contribution is -2.32. The van der Waals surface area contributed by atoms with E-state index in [2.05, 4.69) is 0 Å². The Kier molecular flexibility index (Phi) is 3.18. The summed E-state index contributed by atoms with van der Waals surface area (Å²) in [6, 6.07) is 7.20. The molecule has 3 rings (SSSR count). The van der Waals surface area contributed by atoms with Crippen molar-refractivity contribution in [3.05, 3.63) is 39.8 Å². The second-order valence-electron chi connectivity index (χ2n) is 4.56. The standard InChI is InChI=1S/C13H14ClNO2S/c14-10-6-2-3-7-11(10)15-13(16)9-5-1-4-8-12(9)18(15)17/h2-3,6-7,13,16H,1,4-5,8H2/t13-,18?/m0/s1. The minimum Gasteiger partial charge on any atom is -0.369 e. The number of aliphatic hydroxyl groups excluding tert-OH is 1. The first kappa shape index (κ1) is 12.2. The average molecular weight is 284 g/mol. The number of nitrogens with zero attached hydrogens (tertiary/aromatic N) is 1. The van der Waals surface area contributed by atoms with Crippen LogP contribution in [0.5, 0.6) is 0 Å². The molecule has 0 saturated carbocycles. The van der Waals surface area contributed by atoms with Crippen molar-refractivity contribution in [2.45, 2.75) is 31.9 Å². The first-order valence-electron chi connectivity index (χ1n) is 6.06. The smallest absolute Gasteiger partial charge is 0.162 e. The van der Waals surface area contributed by atoms with E-state index in [0.29, 0.717) is 10.7 Å². The summed E-state index contributed by atoms with van der Waals surface area (Å²) < 4.78 is 14.0. The summed E-state index contributed by atoms with van der Waals surface area (Å²) in [6.07, 6.45) is 2.97. The lowest BCUT2D eigenvalue weighted by atomic mass is 9.98. The van der Waals surface area contributed by atoms with Crippen molar-refractivity contribution in [2.24, 2.45) is 0 Å². The Morgan fingerprint density at radius 2 is 2.00 bits per heavy atom. The first-order chi connectivity index (χ1) is 8.70. The van der Waals surface area contributed by atoms with Gasteiger partial charge in [-0.1, -0.05) is 23.7 Å². The number of hydrogen-bond acceptors (Lipinski definition) is 2. The van der Waals surface area contributed by atoms with E-state index in [1.54, 1.807) is 12.1 Å². The fourth-order valence-corrected chi connectivity index (χ4v) is 4.49. The van der Waals surface area contributed by atoms with Gasteiger partial charge in [0, 0.05) is 4.91 Å². The Labute approximate surface area is 114 Å². The summed E-state index contributed by atoms with van der Waals surface area (Å²) in [6.45, 7) is 0. The maximum atomic E-state index is 12.5. The maximum Gasteiger partial charge on any atom is 0.162 e. The molecule has 0 saturated heterocycles. The van der Waals surface area contributed by atoms with Crippen molar-refractivity contribution < 1.29 is 9.32 Å². The molecule has 1 heterocycles. The van der Waals surface area contributed by atoms with Gasteiger partial charge in [-0.05, 0) is 43.4 Å². The van der Waals surface area contributed by atoms with Crippen LogP contribution in [0.15, 0.2) is 34.7 Å². The molecule has 1 aliphatic carbocycles. The average Bonchev–Trinajstić information content (AvgIpc) is 2.64. The van der Waals surface area contributed by atoms with E-state index >= 15 is 0 Å². The monoisotopic (exact) mass is 283 g/mol. The molecule has 1 unspecified atom stereocenters. The van der Waals surface area contributed by atoms with Crippen molar-refractivity contribution >= 4 is 28.3 Å². The number of halogens is 1. The molecule has 1 N–H and O–H groups in total. The Bertz CT molecular complexity index is 544. The molecule has 0 fully saturated rings. The second-order valence-corrected chi connectivity index (χ2v) is 6.35. The van der Waals surface area contributed by atoms with Gasteiger partial charge in [-0.25, -0.2) is 4.21 Å². The molecule has 18 heavy (non-hydrogen) atoms. The van der Waals surface area contributed by atoms with E-state index in [1.807, 2.05) is 12.1 Å². The number of rotatable bonds is 1. The molecule has 0 spiro atoms. The molecule has 2 aliphatic rings. The highest BCUT2D eigenvalue weighted by Crippen LogP contribution is 2.42. The van der Waals surface area contributed by atoms with Crippen molar-refractivity contribution in [3.8, 4) is 0 Å². The SMILES string of the molecule is O=S1C2=C(CCCC2)[C@H](O)N1c1ccccc1Cl. The predicted octanol–water partition coefficient (Wildman–Crippen LogP) is 2.97. The molecule has 0 amide bonds. The number of allylic oxidation sites excluding steroid dienone is 1.